The summed E-state index contributed by atoms with van der Waals surface area (Å²) in [6.45, 7) is 2.25. The molecule has 2 rings (SSSR count). The van der Waals surface area contributed by atoms with Crippen LogP contribution in [0.5, 0.6) is 0 Å². The Bertz CT molecular complexity index is 556. The molecule has 0 unspecified atom stereocenters. The van der Waals surface area contributed by atoms with Crippen LogP contribution < -0.4 is 10.6 Å². The summed E-state index contributed by atoms with van der Waals surface area (Å²) in [6.07, 6.45) is 2.85. The first-order chi connectivity index (χ1) is 10.3. The first-order valence-corrected chi connectivity index (χ1v) is 7.30. The number of methoxy groups -OCH3 is 1. The third-order valence-corrected chi connectivity index (χ3v) is 3.13. The number of benzene rings is 1. The van der Waals surface area contributed by atoms with Gasteiger partial charge in [0.1, 0.15) is 0 Å². The van der Waals surface area contributed by atoms with E-state index in [2.05, 4.69) is 27.9 Å². The quantitative estimate of drug-likeness (QED) is 0.607. The van der Waals surface area contributed by atoms with Crippen LogP contribution in [0.4, 0.5) is 5.82 Å². The molecule has 0 fully saturated rings. The molecule has 0 atom stereocenters. The van der Waals surface area contributed by atoms with Crippen molar-refractivity contribution in [3.8, 4) is 0 Å². The third kappa shape index (κ3) is 5.53. The van der Waals surface area contributed by atoms with Gasteiger partial charge in [0.25, 0.3) is 0 Å². The molecule has 0 aliphatic carbocycles. The van der Waals surface area contributed by atoms with Crippen molar-refractivity contribution >= 4 is 23.1 Å². The van der Waals surface area contributed by atoms with Gasteiger partial charge in [0, 0.05) is 32.5 Å². The molecule has 112 valence electrons. The number of hydrogen-bond acceptors (Lipinski definition) is 3. The molecule has 2 N–H and O–H groups in total. The van der Waals surface area contributed by atoms with Gasteiger partial charge in [0.2, 0.25) is 0 Å². The summed E-state index contributed by atoms with van der Waals surface area (Å²) in [7, 11) is 1.69. The predicted octanol–water partition coefficient (Wildman–Crippen LogP) is 2.25. The zero-order chi connectivity index (χ0) is 14.9. The normalized spacial score (nSPS) is 10.3. The molecule has 5 nitrogen and oxygen atoms in total. The minimum Gasteiger partial charge on any atom is -0.385 e. The van der Waals surface area contributed by atoms with Crippen molar-refractivity contribution in [3.63, 3.8) is 0 Å². The second-order valence-corrected chi connectivity index (χ2v) is 5.02. The monoisotopic (exact) mass is 304 g/mol. The van der Waals surface area contributed by atoms with E-state index in [1.807, 2.05) is 35.1 Å². The molecule has 21 heavy (non-hydrogen) atoms. The minimum atomic E-state index is 0.580. The average molecular weight is 304 g/mol. The molecule has 0 bridgehead atoms. The van der Waals surface area contributed by atoms with Gasteiger partial charge >= 0.3 is 0 Å². The van der Waals surface area contributed by atoms with Crippen molar-refractivity contribution in [3.05, 3.63) is 48.2 Å². The van der Waals surface area contributed by atoms with E-state index in [0.29, 0.717) is 5.11 Å². The fourth-order valence-corrected chi connectivity index (χ4v) is 2.07. The van der Waals surface area contributed by atoms with Gasteiger partial charge in [0.05, 0.1) is 6.54 Å². The minimum absolute atomic E-state index is 0.580. The van der Waals surface area contributed by atoms with E-state index in [4.69, 9.17) is 17.0 Å². The molecule has 1 aromatic carbocycles. The number of anilines is 1. The highest BCUT2D eigenvalue weighted by atomic mass is 32.1. The molecular formula is C15H20N4OS. The summed E-state index contributed by atoms with van der Waals surface area (Å²) in [5.41, 5.74) is 1.22. The smallest absolute Gasteiger partial charge is 0.171 e. The standard InChI is InChI=1S/C15H20N4OS/c1-20-11-5-9-16-15(21)17-14-8-10-19(18-14)12-13-6-3-2-4-7-13/h2-4,6-8,10H,5,9,11-12H2,1H3,(H2,16,17,18,21). The summed E-state index contributed by atoms with van der Waals surface area (Å²) in [4.78, 5) is 0. The van der Waals surface area contributed by atoms with E-state index >= 15 is 0 Å². The van der Waals surface area contributed by atoms with Gasteiger partial charge in [-0.1, -0.05) is 30.3 Å². The van der Waals surface area contributed by atoms with Crippen molar-refractivity contribution in [1.29, 1.82) is 0 Å². The van der Waals surface area contributed by atoms with Crippen molar-refractivity contribution in [2.45, 2.75) is 13.0 Å². The van der Waals surface area contributed by atoms with Crippen LogP contribution in [0.3, 0.4) is 0 Å². The molecule has 1 aromatic heterocycles. The molecule has 0 aliphatic rings. The molecule has 0 radical (unpaired) electrons. The Balaban J connectivity index is 1.79. The van der Waals surface area contributed by atoms with Crippen LogP contribution in [0.15, 0.2) is 42.6 Å². The molecule has 0 saturated carbocycles. The summed E-state index contributed by atoms with van der Waals surface area (Å²) in [5, 5.41) is 11.2. The van der Waals surface area contributed by atoms with E-state index < -0.39 is 0 Å². The highest BCUT2D eigenvalue weighted by Gasteiger charge is 2.02. The van der Waals surface area contributed by atoms with Gasteiger partial charge in [-0.25, -0.2) is 0 Å². The molecular weight excluding hydrogens is 284 g/mol. The van der Waals surface area contributed by atoms with E-state index in [9.17, 15) is 0 Å². The Morgan fingerprint density at radius 1 is 1.29 bits per heavy atom. The topological polar surface area (TPSA) is 51.1 Å². The lowest BCUT2D eigenvalue weighted by atomic mass is 10.2. The number of nitrogens with zero attached hydrogens (tertiary/aromatic N) is 2. The number of thiocarbonyl (C=S) groups is 1. The molecule has 6 heteroatoms. The molecule has 2 aromatic rings. The van der Waals surface area contributed by atoms with Crippen molar-refractivity contribution in [2.75, 3.05) is 25.6 Å². The number of ether oxygens (including phenoxy) is 1. The lowest BCUT2D eigenvalue weighted by Gasteiger charge is -2.08. The summed E-state index contributed by atoms with van der Waals surface area (Å²) in [5.74, 6) is 0.746. The van der Waals surface area contributed by atoms with Gasteiger partial charge in [-0.05, 0) is 24.2 Å². The second-order valence-electron chi connectivity index (χ2n) is 4.61. The molecule has 0 spiro atoms. The Morgan fingerprint density at radius 2 is 2.10 bits per heavy atom. The molecule has 0 saturated heterocycles. The molecule has 0 aliphatic heterocycles. The van der Waals surface area contributed by atoms with E-state index in [0.717, 1.165) is 31.9 Å². The lowest BCUT2D eigenvalue weighted by molar-refractivity contribution is 0.196. The van der Waals surface area contributed by atoms with E-state index in [1.54, 1.807) is 7.11 Å². The predicted molar refractivity (Wildman–Crippen MR) is 88.5 cm³/mol. The van der Waals surface area contributed by atoms with Gasteiger partial charge in [-0.2, -0.15) is 5.10 Å². The van der Waals surface area contributed by atoms with Crippen LogP contribution in [0.1, 0.15) is 12.0 Å². The van der Waals surface area contributed by atoms with Gasteiger partial charge < -0.3 is 15.4 Å². The Labute approximate surface area is 130 Å². The maximum atomic E-state index is 5.21. The van der Waals surface area contributed by atoms with Crippen molar-refractivity contribution in [1.82, 2.24) is 15.1 Å². The van der Waals surface area contributed by atoms with Crippen LogP contribution in [0, 0.1) is 0 Å². The number of aromatic nitrogens is 2. The fourth-order valence-electron chi connectivity index (χ4n) is 1.87. The largest absolute Gasteiger partial charge is 0.385 e. The highest BCUT2D eigenvalue weighted by Crippen LogP contribution is 2.06. The Morgan fingerprint density at radius 3 is 2.86 bits per heavy atom. The lowest BCUT2D eigenvalue weighted by Crippen LogP contribution is -2.30. The zero-order valence-corrected chi connectivity index (χ0v) is 12.9. The summed E-state index contributed by atoms with van der Waals surface area (Å²) < 4.78 is 6.86. The SMILES string of the molecule is COCCCNC(=S)Nc1ccn(Cc2ccccc2)n1. The van der Waals surface area contributed by atoms with E-state index in [1.165, 1.54) is 5.56 Å². The Hall–Kier alpha value is -1.92. The maximum absolute atomic E-state index is 5.21. The number of nitrogens with one attached hydrogen (secondary N) is 2. The van der Waals surface area contributed by atoms with Crippen LogP contribution in [0.25, 0.3) is 0 Å². The molecule has 0 amide bonds. The van der Waals surface area contributed by atoms with Crippen molar-refractivity contribution in [2.24, 2.45) is 0 Å². The van der Waals surface area contributed by atoms with Gasteiger partial charge in [-0.15, -0.1) is 0 Å². The molecule has 1 heterocycles. The van der Waals surface area contributed by atoms with E-state index in [-0.39, 0.29) is 0 Å². The first kappa shape index (κ1) is 15.5. The van der Waals surface area contributed by atoms with Crippen LogP contribution in [0.2, 0.25) is 0 Å². The fraction of sp³-hybridized carbons (Fsp3) is 0.333. The van der Waals surface area contributed by atoms with Crippen LogP contribution in [-0.4, -0.2) is 35.2 Å². The van der Waals surface area contributed by atoms with Gasteiger partial charge in [0.15, 0.2) is 10.9 Å². The maximum Gasteiger partial charge on any atom is 0.171 e. The summed E-state index contributed by atoms with van der Waals surface area (Å²) >= 11 is 5.21. The zero-order valence-electron chi connectivity index (χ0n) is 12.1. The van der Waals surface area contributed by atoms with Crippen LogP contribution >= 0.6 is 12.2 Å². The third-order valence-electron chi connectivity index (χ3n) is 2.88. The highest BCUT2D eigenvalue weighted by molar-refractivity contribution is 7.80. The van der Waals surface area contributed by atoms with Crippen LogP contribution in [-0.2, 0) is 11.3 Å². The average Bonchev–Trinajstić information content (AvgIpc) is 2.92. The van der Waals surface area contributed by atoms with Gasteiger partial charge in [-0.3, -0.25) is 4.68 Å². The summed E-state index contributed by atoms with van der Waals surface area (Å²) in [6, 6.07) is 12.1. The number of hydrogen-bond donors (Lipinski definition) is 2. The number of rotatable bonds is 7. The second kappa shape index (κ2) is 8.39. The van der Waals surface area contributed by atoms with Crippen molar-refractivity contribution < 1.29 is 4.74 Å². The Kier molecular flexibility index (Phi) is 6.18. The first-order valence-electron chi connectivity index (χ1n) is 6.89.